The number of rotatable bonds is 4. The molecule has 0 aromatic heterocycles. The maximum Gasteiger partial charge on any atom is 0.333 e. The molecule has 0 amide bonds. The maximum absolute atomic E-state index is 11.3. The summed E-state index contributed by atoms with van der Waals surface area (Å²) in [6.07, 6.45) is -0.782. The van der Waals surface area contributed by atoms with E-state index in [0.29, 0.717) is 17.7 Å². The number of hydrogen-bond donors (Lipinski definition) is 0. The monoisotopic (exact) mass is 273 g/mol. The molecular weight excluding hydrogens is 258 g/mol. The molecule has 1 aromatic carbocycles. The van der Waals surface area contributed by atoms with Crippen molar-refractivity contribution in [3.63, 3.8) is 0 Å². The lowest BCUT2D eigenvalue weighted by Gasteiger charge is -2.12. The van der Waals surface area contributed by atoms with Crippen molar-refractivity contribution in [2.24, 2.45) is 0 Å². The Kier molecular flexibility index (Phi) is 4.51. The van der Waals surface area contributed by atoms with Gasteiger partial charge in [-0.2, -0.15) is 5.26 Å². The van der Waals surface area contributed by atoms with E-state index in [1.165, 1.54) is 0 Å². The van der Waals surface area contributed by atoms with Crippen molar-refractivity contribution in [3.8, 4) is 6.07 Å². The lowest BCUT2D eigenvalue weighted by atomic mass is 10.1. The van der Waals surface area contributed by atoms with Crippen LogP contribution in [-0.4, -0.2) is 25.3 Å². The first-order valence-electron chi connectivity index (χ1n) is 6.20. The first kappa shape index (κ1) is 14.3. The van der Waals surface area contributed by atoms with Crippen LogP contribution in [0.15, 0.2) is 36.4 Å². The molecule has 1 aliphatic heterocycles. The Labute approximate surface area is 117 Å². The van der Waals surface area contributed by atoms with Crippen LogP contribution in [0.1, 0.15) is 24.3 Å². The minimum Gasteiger partial charge on any atom is -0.459 e. The van der Waals surface area contributed by atoms with E-state index in [1.807, 2.05) is 6.07 Å². The summed E-state index contributed by atoms with van der Waals surface area (Å²) in [5.74, 6) is -0.435. The van der Waals surface area contributed by atoms with Crippen molar-refractivity contribution in [2.75, 3.05) is 13.2 Å². The van der Waals surface area contributed by atoms with Crippen LogP contribution in [0, 0.1) is 11.3 Å². The molecule has 1 aromatic rings. The van der Waals surface area contributed by atoms with Gasteiger partial charge in [-0.15, -0.1) is 0 Å². The number of nitrogens with zero attached hydrogens (tertiary/aromatic N) is 1. The van der Waals surface area contributed by atoms with Gasteiger partial charge in [0.25, 0.3) is 0 Å². The zero-order valence-electron chi connectivity index (χ0n) is 11.2. The van der Waals surface area contributed by atoms with E-state index in [0.717, 1.165) is 5.56 Å². The Bertz CT molecular complexity index is 544. The fourth-order valence-corrected chi connectivity index (χ4v) is 1.72. The van der Waals surface area contributed by atoms with Crippen LogP contribution in [0.4, 0.5) is 0 Å². The van der Waals surface area contributed by atoms with Gasteiger partial charge in [-0.25, -0.2) is 4.79 Å². The van der Waals surface area contributed by atoms with E-state index in [4.69, 9.17) is 19.5 Å². The van der Waals surface area contributed by atoms with E-state index in [9.17, 15) is 4.79 Å². The van der Waals surface area contributed by atoms with Crippen LogP contribution in [0.5, 0.6) is 0 Å². The first-order valence-corrected chi connectivity index (χ1v) is 6.20. The second kappa shape index (κ2) is 6.33. The second-order valence-electron chi connectivity index (χ2n) is 4.54. The van der Waals surface area contributed by atoms with Crippen molar-refractivity contribution >= 4 is 5.97 Å². The van der Waals surface area contributed by atoms with Crippen LogP contribution in [0.2, 0.25) is 0 Å². The van der Waals surface area contributed by atoms with Crippen LogP contribution in [0.25, 0.3) is 0 Å². The van der Waals surface area contributed by atoms with Gasteiger partial charge in [0.15, 0.2) is 6.29 Å². The quantitative estimate of drug-likeness (QED) is 0.620. The lowest BCUT2D eigenvalue weighted by Crippen LogP contribution is -2.20. The Hall–Kier alpha value is -2.16. The molecule has 1 fully saturated rings. The number of nitriles is 1. The van der Waals surface area contributed by atoms with Gasteiger partial charge in [-0.05, 0) is 19.1 Å². The molecule has 2 atom stereocenters. The standard InChI is InChI=1S/C15H15NO4/c1-10(2)14(17)18-8-13-9-19-15(20-13)12-5-3-11(7-16)4-6-12/h3-6,13,15H,1,8-9H2,2H3/t13-,15-/m1/s1. The first-order chi connectivity index (χ1) is 9.60. The van der Waals surface area contributed by atoms with Gasteiger partial charge in [0.1, 0.15) is 12.7 Å². The molecule has 5 heteroatoms. The summed E-state index contributed by atoms with van der Waals surface area (Å²) in [5.41, 5.74) is 1.77. The zero-order chi connectivity index (χ0) is 14.5. The average molecular weight is 273 g/mol. The number of carbonyl (C=O) groups is 1. The minimum atomic E-state index is -0.490. The molecule has 0 N–H and O–H groups in total. The highest BCUT2D eigenvalue weighted by Crippen LogP contribution is 2.27. The molecule has 0 aliphatic carbocycles. The number of carbonyl (C=O) groups excluding carboxylic acids is 1. The summed E-state index contributed by atoms with van der Waals surface area (Å²) >= 11 is 0. The summed E-state index contributed by atoms with van der Waals surface area (Å²) < 4.78 is 16.2. The highest BCUT2D eigenvalue weighted by Gasteiger charge is 2.28. The Morgan fingerprint density at radius 1 is 1.50 bits per heavy atom. The molecular formula is C15H15NO4. The number of ether oxygens (including phenoxy) is 3. The van der Waals surface area contributed by atoms with Gasteiger partial charge in [-0.1, -0.05) is 18.7 Å². The molecule has 2 rings (SSSR count). The predicted octanol–water partition coefficient (Wildman–Crippen LogP) is 2.09. The van der Waals surface area contributed by atoms with E-state index in [1.54, 1.807) is 31.2 Å². The summed E-state index contributed by atoms with van der Waals surface area (Å²) in [6.45, 7) is 5.59. The number of esters is 1. The van der Waals surface area contributed by atoms with Gasteiger partial charge in [-0.3, -0.25) is 0 Å². The molecule has 1 heterocycles. The number of hydrogen-bond acceptors (Lipinski definition) is 5. The lowest BCUT2D eigenvalue weighted by molar-refractivity contribution is -0.143. The van der Waals surface area contributed by atoms with E-state index in [2.05, 4.69) is 6.58 Å². The van der Waals surface area contributed by atoms with Crippen LogP contribution in [-0.2, 0) is 19.0 Å². The van der Waals surface area contributed by atoms with Crippen molar-refractivity contribution in [3.05, 3.63) is 47.5 Å². The third-order valence-corrected chi connectivity index (χ3v) is 2.81. The smallest absolute Gasteiger partial charge is 0.333 e. The Balaban J connectivity index is 1.87. The Morgan fingerprint density at radius 2 is 2.20 bits per heavy atom. The van der Waals surface area contributed by atoms with Crippen LogP contribution in [0.3, 0.4) is 0 Å². The largest absolute Gasteiger partial charge is 0.459 e. The van der Waals surface area contributed by atoms with Crippen molar-refractivity contribution in [1.82, 2.24) is 0 Å². The highest BCUT2D eigenvalue weighted by molar-refractivity contribution is 5.86. The minimum absolute atomic E-state index is 0.137. The van der Waals surface area contributed by atoms with Gasteiger partial charge < -0.3 is 14.2 Å². The molecule has 1 saturated heterocycles. The summed E-state index contributed by atoms with van der Waals surface area (Å²) in [7, 11) is 0. The maximum atomic E-state index is 11.3. The summed E-state index contributed by atoms with van der Waals surface area (Å²) in [4.78, 5) is 11.3. The van der Waals surface area contributed by atoms with Crippen molar-refractivity contribution in [1.29, 1.82) is 5.26 Å². The molecule has 0 unspecified atom stereocenters. The van der Waals surface area contributed by atoms with Crippen LogP contribution >= 0.6 is 0 Å². The van der Waals surface area contributed by atoms with E-state index in [-0.39, 0.29) is 12.7 Å². The topological polar surface area (TPSA) is 68.5 Å². The SMILES string of the molecule is C=C(C)C(=O)OC[C@@H]1CO[C@@H](c2ccc(C#N)cc2)O1. The molecule has 0 bridgehead atoms. The molecule has 20 heavy (non-hydrogen) atoms. The van der Waals surface area contributed by atoms with Crippen molar-refractivity contribution < 1.29 is 19.0 Å². The van der Waals surface area contributed by atoms with Gasteiger partial charge >= 0.3 is 5.97 Å². The van der Waals surface area contributed by atoms with Gasteiger partial charge in [0.05, 0.1) is 18.2 Å². The third kappa shape index (κ3) is 3.44. The van der Waals surface area contributed by atoms with Crippen LogP contribution < -0.4 is 0 Å². The van der Waals surface area contributed by atoms with E-state index < -0.39 is 12.3 Å². The third-order valence-electron chi connectivity index (χ3n) is 2.81. The molecule has 0 radical (unpaired) electrons. The second-order valence-corrected chi connectivity index (χ2v) is 4.54. The zero-order valence-corrected chi connectivity index (χ0v) is 11.2. The molecule has 1 aliphatic rings. The predicted molar refractivity (Wildman–Crippen MR) is 70.5 cm³/mol. The summed E-state index contributed by atoms with van der Waals surface area (Å²) in [5, 5.41) is 8.73. The molecule has 104 valence electrons. The Morgan fingerprint density at radius 3 is 2.80 bits per heavy atom. The summed E-state index contributed by atoms with van der Waals surface area (Å²) in [6, 6.07) is 9.03. The van der Waals surface area contributed by atoms with E-state index >= 15 is 0 Å². The van der Waals surface area contributed by atoms with Gasteiger partial charge in [0, 0.05) is 11.1 Å². The highest BCUT2D eigenvalue weighted by atomic mass is 16.7. The average Bonchev–Trinajstić information content (AvgIpc) is 2.93. The molecule has 0 saturated carbocycles. The normalized spacial score (nSPS) is 21.2. The van der Waals surface area contributed by atoms with Crippen molar-refractivity contribution in [2.45, 2.75) is 19.3 Å². The fourth-order valence-electron chi connectivity index (χ4n) is 1.72. The molecule has 5 nitrogen and oxygen atoms in total. The van der Waals surface area contributed by atoms with Gasteiger partial charge in [0.2, 0.25) is 0 Å². The fraction of sp³-hybridized carbons (Fsp3) is 0.333. The molecule has 0 spiro atoms. The number of benzene rings is 1.